The number of aromatic nitrogens is 1. The van der Waals surface area contributed by atoms with Gasteiger partial charge in [-0.2, -0.15) is 0 Å². The number of hydrogen-bond acceptors (Lipinski definition) is 6. The van der Waals surface area contributed by atoms with Gasteiger partial charge in [0.15, 0.2) is 16.7 Å². The zero-order valence-electron chi connectivity index (χ0n) is 15.3. The Morgan fingerprint density at radius 2 is 2.19 bits per heavy atom. The molecule has 0 saturated carbocycles. The molecule has 1 saturated heterocycles. The Bertz CT molecular complexity index is 862. The number of thioether (sulfide) groups is 1. The number of aromatic hydroxyl groups is 1. The fourth-order valence-electron chi connectivity index (χ4n) is 3.74. The molecule has 3 atom stereocenters. The number of phenols is 1. The molecule has 2 aromatic rings. The number of rotatable bonds is 5. The van der Waals surface area contributed by atoms with Gasteiger partial charge in [-0.25, -0.2) is 0 Å². The van der Waals surface area contributed by atoms with Crippen LogP contribution in [-0.4, -0.2) is 38.6 Å². The van der Waals surface area contributed by atoms with Gasteiger partial charge in [0.05, 0.1) is 23.4 Å². The van der Waals surface area contributed by atoms with E-state index in [-0.39, 0.29) is 17.8 Å². The van der Waals surface area contributed by atoms with Crippen LogP contribution in [0.3, 0.4) is 0 Å². The number of hydrogen-bond donors (Lipinski definition) is 1. The second-order valence-electron chi connectivity index (χ2n) is 6.62. The fourth-order valence-corrected chi connectivity index (χ4v) is 5.30. The minimum absolute atomic E-state index is 0.0152. The van der Waals surface area contributed by atoms with Gasteiger partial charge >= 0.3 is 0 Å². The van der Waals surface area contributed by atoms with Gasteiger partial charge in [-0.1, -0.05) is 36.4 Å². The lowest BCUT2D eigenvalue weighted by molar-refractivity contribution is 0.253. The van der Waals surface area contributed by atoms with E-state index in [1.54, 1.807) is 18.0 Å². The lowest BCUT2D eigenvalue weighted by Crippen LogP contribution is -2.35. The molecular formula is C20H22ClN3O2S. The van der Waals surface area contributed by atoms with Crippen LogP contribution in [0.1, 0.15) is 43.6 Å². The number of halogens is 1. The Balaban J connectivity index is 1.82. The van der Waals surface area contributed by atoms with Crippen LogP contribution in [0.5, 0.6) is 11.5 Å². The van der Waals surface area contributed by atoms with Gasteiger partial charge < -0.3 is 14.7 Å². The lowest BCUT2D eigenvalue weighted by atomic mass is 9.95. The smallest absolute Gasteiger partial charge is 0.176 e. The molecule has 5 nitrogen and oxygen atoms in total. The first kappa shape index (κ1) is 18.4. The Morgan fingerprint density at radius 1 is 1.33 bits per heavy atom. The van der Waals surface area contributed by atoms with Crippen LogP contribution in [0, 0.1) is 0 Å². The summed E-state index contributed by atoms with van der Waals surface area (Å²) in [4.78, 5) is 11.9. The summed E-state index contributed by atoms with van der Waals surface area (Å²) in [6.45, 7) is 4.55. The number of nitrogens with zero attached hydrogens (tertiary/aromatic N) is 3. The molecule has 1 aromatic heterocycles. The van der Waals surface area contributed by atoms with E-state index < -0.39 is 0 Å². The Kier molecular flexibility index (Phi) is 5.19. The zero-order chi connectivity index (χ0) is 19.0. The van der Waals surface area contributed by atoms with Gasteiger partial charge in [0.2, 0.25) is 0 Å². The summed E-state index contributed by atoms with van der Waals surface area (Å²) in [6, 6.07) is 9.91. The molecule has 142 valence electrons. The van der Waals surface area contributed by atoms with Crippen molar-refractivity contribution in [2.24, 2.45) is 4.99 Å². The van der Waals surface area contributed by atoms with Crippen LogP contribution < -0.4 is 4.74 Å². The predicted octanol–water partition coefficient (Wildman–Crippen LogP) is 4.82. The van der Waals surface area contributed by atoms with Crippen molar-refractivity contribution in [2.75, 3.05) is 12.4 Å². The van der Waals surface area contributed by atoms with Crippen molar-refractivity contribution in [3.63, 3.8) is 0 Å². The summed E-state index contributed by atoms with van der Waals surface area (Å²) in [7, 11) is 0. The van der Waals surface area contributed by atoms with E-state index in [1.807, 2.05) is 37.3 Å². The first-order valence-corrected chi connectivity index (χ1v) is 10.6. The Labute approximate surface area is 168 Å². The van der Waals surface area contributed by atoms with E-state index in [9.17, 15) is 5.11 Å². The molecule has 0 aliphatic carbocycles. The third kappa shape index (κ3) is 3.25. The number of phenolic OH excluding ortho intramolecular Hbond substituents is 1. The van der Waals surface area contributed by atoms with E-state index >= 15 is 0 Å². The maximum absolute atomic E-state index is 10.2. The molecule has 27 heavy (non-hydrogen) atoms. The fraction of sp³-hybridized carbons (Fsp3) is 0.400. The van der Waals surface area contributed by atoms with Gasteiger partial charge in [-0.3, -0.25) is 9.98 Å². The maximum atomic E-state index is 10.2. The topological polar surface area (TPSA) is 58.0 Å². The van der Waals surface area contributed by atoms with E-state index in [0.29, 0.717) is 23.4 Å². The molecular weight excluding hydrogens is 382 g/mol. The third-order valence-electron chi connectivity index (χ3n) is 5.02. The van der Waals surface area contributed by atoms with Gasteiger partial charge in [-0.15, -0.1) is 0 Å². The normalized spacial score (nSPS) is 24.0. The van der Waals surface area contributed by atoms with Crippen LogP contribution in [0.15, 0.2) is 41.5 Å². The maximum Gasteiger partial charge on any atom is 0.176 e. The van der Waals surface area contributed by atoms with Gasteiger partial charge in [0.1, 0.15) is 6.04 Å². The highest BCUT2D eigenvalue weighted by Crippen LogP contribution is 2.50. The number of benzene rings is 1. The molecule has 4 rings (SSSR count). The van der Waals surface area contributed by atoms with Crippen LogP contribution in [0.4, 0.5) is 0 Å². The van der Waals surface area contributed by atoms with Crippen molar-refractivity contribution in [3.05, 3.63) is 52.8 Å². The van der Waals surface area contributed by atoms with Crippen molar-refractivity contribution >= 4 is 28.5 Å². The summed E-state index contributed by atoms with van der Waals surface area (Å²) < 4.78 is 5.61. The molecule has 0 amide bonds. The highest BCUT2D eigenvalue weighted by atomic mass is 35.5. The van der Waals surface area contributed by atoms with Gasteiger partial charge in [-0.05, 0) is 43.2 Å². The minimum atomic E-state index is -0.113. The summed E-state index contributed by atoms with van der Waals surface area (Å²) in [6.07, 6.45) is 2.84. The van der Waals surface area contributed by atoms with Crippen molar-refractivity contribution in [1.29, 1.82) is 0 Å². The monoisotopic (exact) mass is 403 g/mol. The minimum Gasteiger partial charge on any atom is -0.503 e. The van der Waals surface area contributed by atoms with Gasteiger partial charge in [0.25, 0.3) is 0 Å². The van der Waals surface area contributed by atoms with Crippen molar-refractivity contribution < 1.29 is 9.84 Å². The summed E-state index contributed by atoms with van der Waals surface area (Å²) in [5.74, 6) is 1.43. The molecule has 3 unspecified atom stereocenters. The second-order valence-corrected chi connectivity index (χ2v) is 8.01. The van der Waals surface area contributed by atoms with Crippen molar-refractivity contribution in [1.82, 2.24) is 9.88 Å². The average Bonchev–Trinajstić information content (AvgIpc) is 3.25. The van der Waals surface area contributed by atoms with Gasteiger partial charge in [0, 0.05) is 18.0 Å². The van der Waals surface area contributed by atoms with E-state index in [2.05, 4.69) is 16.8 Å². The first-order valence-electron chi connectivity index (χ1n) is 9.19. The number of ether oxygens (including phenoxy) is 1. The van der Waals surface area contributed by atoms with Crippen LogP contribution in [0.2, 0.25) is 5.02 Å². The quantitative estimate of drug-likeness (QED) is 0.775. The summed E-state index contributed by atoms with van der Waals surface area (Å²) in [5.41, 5.74) is 1.92. The molecule has 0 bridgehead atoms. The second kappa shape index (κ2) is 7.60. The number of aliphatic imine (C=N–C) groups is 1. The number of fused-ring (bicyclic) bond motifs is 1. The molecule has 1 aromatic carbocycles. The van der Waals surface area contributed by atoms with Crippen LogP contribution in [0.25, 0.3) is 0 Å². The zero-order valence-corrected chi connectivity index (χ0v) is 16.9. The Morgan fingerprint density at radius 3 is 2.89 bits per heavy atom. The van der Waals surface area contributed by atoms with E-state index in [0.717, 1.165) is 28.6 Å². The highest BCUT2D eigenvalue weighted by molar-refractivity contribution is 8.14. The molecule has 0 radical (unpaired) electrons. The molecule has 0 spiro atoms. The third-order valence-corrected chi connectivity index (χ3v) is 6.44. The van der Waals surface area contributed by atoms with Crippen molar-refractivity contribution in [3.8, 4) is 11.5 Å². The Hall–Kier alpha value is -1.92. The van der Waals surface area contributed by atoms with E-state index in [4.69, 9.17) is 21.3 Å². The number of pyridine rings is 1. The lowest BCUT2D eigenvalue weighted by Gasteiger charge is -2.32. The summed E-state index contributed by atoms with van der Waals surface area (Å²) >= 11 is 8.13. The standard InChI is InChI=1S/C20H22ClN3O2S/c1-3-13-11-27-20-23-17(15-7-5-6-8-22-15)18(24(13)20)12-9-14(21)19(25)16(10-12)26-4-2/h5-10,13,17-18,25H,3-4,11H2,1-2H3. The van der Waals surface area contributed by atoms with Crippen molar-refractivity contribution in [2.45, 2.75) is 38.4 Å². The molecule has 2 aliphatic heterocycles. The first-order chi connectivity index (χ1) is 13.1. The largest absolute Gasteiger partial charge is 0.503 e. The number of amidine groups is 1. The SMILES string of the molecule is CCOc1cc(C2C(c3ccccn3)N=C3SCC(CC)N32)cc(Cl)c1O. The molecule has 1 N–H and O–H groups in total. The highest BCUT2D eigenvalue weighted by Gasteiger charge is 2.45. The molecule has 2 aliphatic rings. The molecule has 7 heteroatoms. The molecule has 1 fully saturated rings. The molecule has 3 heterocycles. The summed E-state index contributed by atoms with van der Waals surface area (Å²) in [5, 5.41) is 11.6. The average molecular weight is 404 g/mol. The van der Waals surface area contributed by atoms with Crippen LogP contribution >= 0.6 is 23.4 Å². The van der Waals surface area contributed by atoms with E-state index in [1.165, 1.54) is 0 Å². The predicted molar refractivity (Wildman–Crippen MR) is 110 cm³/mol. The van der Waals surface area contributed by atoms with Crippen LogP contribution in [-0.2, 0) is 0 Å².